The summed E-state index contributed by atoms with van der Waals surface area (Å²) in [5, 5.41) is 0. The Morgan fingerprint density at radius 2 is 1.60 bits per heavy atom. The highest BCUT2D eigenvalue weighted by atomic mass is 15.1. The first kappa shape index (κ1) is 17.0. The first-order valence-corrected chi connectivity index (χ1v) is 8.54. The summed E-state index contributed by atoms with van der Waals surface area (Å²) in [5.41, 5.74) is 8.14. The number of aliphatic imine (C=N–C) groups is 1. The number of benzene rings is 2. The quantitative estimate of drug-likeness (QED) is 0.600. The first-order valence-electron chi connectivity index (χ1n) is 8.54. The van der Waals surface area contributed by atoms with Crippen molar-refractivity contribution in [1.82, 2.24) is 4.57 Å². The van der Waals surface area contributed by atoms with E-state index in [1.165, 1.54) is 28.3 Å². The van der Waals surface area contributed by atoms with E-state index in [4.69, 9.17) is 0 Å². The Bertz CT molecular complexity index is 900. The van der Waals surface area contributed by atoms with E-state index in [1.807, 2.05) is 24.4 Å². The number of anilines is 1. The molecule has 3 aromatic rings. The molecule has 3 rings (SSSR count). The van der Waals surface area contributed by atoms with E-state index in [1.54, 1.807) is 0 Å². The predicted octanol–water partition coefficient (Wildman–Crippen LogP) is 5.22. The Kier molecular flexibility index (Phi) is 4.75. The molecule has 0 unspecified atom stereocenters. The summed E-state index contributed by atoms with van der Waals surface area (Å²) >= 11 is 0. The van der Waals surface area contributed by atoms with Crippen LogP contribution < -0.4 is 4.90 Å². The molecule has 0 aliphatic heterocycles. The van der Waals surface area contributed by atoms with E-state index in [2.05, 4.69) is 85.7 Å². The van der Waals surface area contributed by atoms with E-state index >= 15 is 0 Å². The number of rotatable bonds is 4. The molecule has 128 valence electrons. The molecule has 2 aromatic carbocycles. The van der Waals surface area contributed by atoms with Crippen molar-refractivity contribution in [3.05, 3.63) is 77.1 Å². The molecule has 0 amide bonds. The second-order valence-electron chi connectivity index (χ2n) is 6.62. The van der Waals surface area contributed by atoms with E-state index in [9.17, 15) is 0 Å². The van der Waals surface area contributed by atoms with Gasteiger partial charge in [-0.2, -0.15) is 0 Å². The molecule has 0 bridgehead atoms. The van der Waals surface area contributed by atoms with Crippen LogP contribution in [0.5, 0.6) is 0 Å². The van der Waals surface area contributed by atoms with E-state index in [0.29, 0.717) is 0 Å². The largest absolute Gasteiger partial charge is 0.378 e. The number of para-hydroxylation sites is 1. The zero-order valence-electron chi connectivity index (χ0n) is 15.6. The van der Waals surface area contributed by atoms with Gasteiger partial charge in [-0.25, -0.2) is 0 Å². The van der Waals surface area contributed by atoms with Crippen LogP contribution in [0.15, 0.2) is 59.6 Å². The van der Waals surface area contributed by atoms with Gasteiger partial charge in [0.2, 0.25) is 0 Å². The van der Waals surface area contributed by atoms with Crippen LogP contribution in [0.1, 0.15) is 22.5 Å². The van der Waals surface area contributed by atoms with Gasteiger partial charge >= 0.3 is 0 Å². The van der Waals surface area contributed by atoms with Crippen molar-refractivity contribution in [3.8, 4) is 5.69 Å². The van der Waals surface area contributed by atoms with Crippen molar-refractivity contribution >= 4 is 17.6 Å². The van der Waals surface area contributed by atoms with E-state index < -0.39 is 0 Å². The minimum Gasteiger partial charge on any atom is -0.378 e. The Labute approximate surface area is 150 Å². The van der Waals surface area contributed by atoms with Crippen molar-refractivity contribution in [1.29, 1.82) is 0 Å². The fraction of sp³-hybridized carbons (Fsp3) is 0.227. The molecule has 0 atom stereocenters. The average Bonchev–Trinajstić information content (AvgIpc) is 2.88. The van der Waals surface area contributed by atoms with Gasteiger partial charge in [-0.15, -0.1) is 0 Å². The first-order chi connectivity index (χ1) is 12.0. The van der Waals surface area contributed by atoms with Crippen LogP contribution in [0.2, 0.25) is 0 Å². The Balaban J connectivity index is 1.94. The Hall–Kier alpha value is -2.81. The normalized spacial score (nSPS) is 11.2. The van der Waals surface area contributed by atoms with Crippen LogP contribution >= 0.6 is 0 Å². The van der Waals surface area contributed by atoms with Gasteiger partial charge < -0.3 is 9.47 Å². The van der Waals surface area contributed by atoms with Crippen LogP contribution in [0.3, 0.4) is 0 Å². The lowest BCUT2D eigenvalue weighted by Gasteiger charge is -2.14. The average molecular weight is 331 g/mol. The van der Waals surface area contributed by atoms with E-state index in [0.717, 1.165) is 11.3 Å². The topological polar surface area (TPSA) is 20.5 Å². The standard InChI is InChI=1S/C22H25N3/c1-16-8-6-7-9-22(16)23-15-19-14-17(2)25(18(19)3)21-12-10-20(11-13-21)24(4)5/h6-15H,1-5H3. The minimum absolute atomic E-state index is 1.02. The maximum atomic E-state index is 4.68. The van der Waals surface area contributed by atoms with Crippen molar-refractivity contribution in [3.63, 3.8) is 0 Å². The van der Waals surface area contributed by atoms with E-state index in [-0.39, 0.29) is 0 Å². The van der Waals surface area contributed by atoms with Crippen molar-refractivity contribution in [2.45, 2.75) is 20.8 Å². The number of hydrogen-bond donors (Lipinski definition) is 0. The van der Waals surface area contributed by atoms with Gasteiger partial charge in [0.25, 0.3) is 0 Å². The lowest BCUT2D eigenvalue weighted by atomic mass is 10.2. The maximum Gasteiger partial charge on any atom is 0.0659 e. The lowest BCUT2D eigenvalue weighted by molar-refractivity contribution is 0.963. The highest BCUT2D eigenvalue weighted by molar-refractivity contribution is 5.84. The van der Waals surface area contributed by atoms with Gasteiger partial charge in [-0.3, -0.25) is 4.99 Å². The highest BCUT2D eigenvalue weighted by Crippen LogP contribution is 2.23. The van der Waals surface area contributed by atoms with Crippen LogP contribution in [0.4, 0.5) is 11.4 Å². The monoisotopic (exact) mass is 331 g/mol. The summed E-state index contributed by atoms with van der Waals surface area (Å²) in [4.78, 5) is 6.79. The second kappa shape index (κ2) is 6.98. The van der Waals surface area contributed by atoms with Crippen LogP contribution in [0, 0.1) is 20.8 Å². The molecule has 3 heteroatoms. The molecule has 25 heavy (non-hydrogen) atoms. The molecule has 3 nitrogen and oxygen atoms in total. The fourth-order valence-electron chi connectivity index (χ4n) is 3.06. The zero-order chi connectivity index (χ0) is 18.0. The van der Waals surface area contributed by atoms with Gasteiger partial charge in [0.15, 0.2) is 0 Å². The summed E-state index contributed by atoms with van der Waals surface area (Å²) in [5.74, 6) is 0. The fourth-order valence-corrected chi connectivity index (χ4v) is 3.06. The molecule has 0 saturated carbocycles. The molecule has 0 fully saturated rings. The molecular formula is C22H25N3. The lowest BCUT2D eigenvalue weighted by Crippen LogP contribution is -2.08. The van der Waals surface area contributed by atoms with Gasteiger partial charge in [0.1, 0.15) is 0 Å². The summed E-state index contributed by atoms with van der Waals surface area (Å²) < 4.78 is 2.28. The molecule has 0 N–H and O–H groups in total. The SMILES string of the molecule is Cc1ccccc1N=Cc1cc(C)n(-c2ccc(N(C)C)cc2)c1C. The van der Waals surface area contributed by atoms with Crippen LogP contribution in [-0.4, -0.2) is 24.9 Å². The molecule has 1 aromatic heterocycles. The Morgan fingerprint density at radius 3 is 2.24 bits per heavy atom. The van der Waals surface area contributed by atoms with Gasteiger partial charge in [-0.05, 0) is 62.7 Å². The number of nitrogens with zero attached hydrogens (tertiary/aromatic N) is 3. The molecule has 0 spiro atoms. The molecule has 0 aliphatic carbocycles. The third kappa shape index (κ3) is 3.50. The second-order valence-corrected chi connectivity index (χ2v) is 6.62. The van der Waals surface area contributed by atoms with Gasteiger partial charge in [0.05, 0.1) is 5.69 Å². The van der Waals surface area contributed by atoms with Crippen molar-refractivity contribution < 1.29 is 0 Å². The third-order valence-corrected chi connectivity index (χ3v) is 4.55. The molecule has 0 aliphatic rings. The zero-order valence-corrected chi connectivity index (χ0v) is 15.6. The maximum absolute atomic E-state index is 4.68. The molecule has 0 saturated heterocycles. The van der Waals surface area contributed by atoms with Crippen molar-refractivity contribution in [2.24, 2.45) is 4.99 Å². The van der Waals surface area contributed by atoms with Gasteiger partial charge in [0, 0.05) is 48.6 Å². The molecular weight excluding hydrogens is 306 g/mol. The van der Waals surface area contributed by atoms with Crippen LogP contribution in [0.25, 0.3) is 5.69 Å². The summed E-state index contributed by atoms with van der Waals surface area (Å²) in [6.07, 6.45) is 1.97. The number of aromatic nitrogens is 1. The summed E-state index contributed by atoms with van der Waals surface area (Å²) in [7, 11) is 4.11. The molecule has 0 radical (unpaired) electrons. The number of aryl methyl sites for hydroxylation is 2. The third-order valence-electron chi connectivity index (χ3n) is 4.55. The predicted molar refractivity (Wildman–Crippen MR) is 108 cm³/mol. The smallest absolute Gasteiger partial charge is 0.0659 e. The molecule has 1 heterocycles. The summed E-state index contributed by atoms with van der Waals surface area (Å²) in [6, 6.07) is 19.0. The van der Waals surface area contributed by atoms with Crippen molar-refractivity contribution in [2.75, 3.05) is 19.0 Å². The highest BCUT2D eigenvalue weighted by Gasteiger charge is 2.09. The Morgan fingerprint density at radius 1 is 0.920 bits per heavy atom. The van der Waals surface area contributed by atoms with Gasteiger partial charge in [-0.1, -0.05) is 18.2 Å². The minimum atomic E-state index is 1.02. The van der Waals surface area contributed by atoms with Crippen LogP contribution in [-0.2, 0) is 0 Å². The summed E-state index contributed by atoms with van der Waals surface area (Å²) in [6.45, 7) is 6.37. The number of hydrogen-bond acceptors (Lipinski definition) is 2.